The van der Waals surface area contributed by atoms with Gasteiger partial charge in [0.1, 0.15) is 0 Å². The fourth-order valence-electron chi connectivity index (χ4n) is 3.90. The highest BCUT2D eigenvalue weighted by Crippen LogP contribution is 2.45. The number of hydrogen-bond acceptors (Lipinski definition) is 3. The van der Waals surface area contributed by atoms with E-state index in [4.69, 9.17) is 4.74 Å². The number of aliphatic hydroxyl groups is 1. The summed E-state index contributed by atoms with van der Waals surface area (Å²) in [4.78, 5) is 0. The van der Waals surface area contributed by atoms with Crippen molar-refractivity contribution in [1.82, 2.24) is 5.32 Å². The van der Waals surface area contributed by atoms with Crippen molar-refractivity contribution in [3.8, 4) is 0 Å². The minimum Gasteiger partial charge on any atom is -0.388 e. The molecular weight excluding hydrogens is 202 g/mol. The number of β-amino-alcohol motifs (C(OH)–C–C–N with tert-alkyl or cyclic N) is 1. The van der Waals surface area contributed by atoms with Gasteiger partial charge in [-0.05, 0) is 44.6 Å². The zero-order valence-electron chi connectivity index (χ0n) is 10.0. The fourth-order valence-corrected chi connectivity index (χ4v) is 3.90. The highest BCUT2D eigenvalue weighted by molar-refractivity contribution is 5.00. The fraction of sp³-hybridized carbons (Fsp3) is 1.00. The minimum atomic E-state index is -0.445. The number of rotatable bonds is 1. The van der Waals surface area contributed by atoms with E-state index in [0.717, 1.165) is 39.0 Å². The van der Waals surface area contributed by atoms with Crippen LogP contribution in [0.25, 0.3) is 0 Å². The Kier molecular flexibility index (Phi) is 2.73. The average Bonchev–Trinajstić information content (AvgIpc) is 2.90. The summed E-state index contributed by atoms with van der Waals surface area (Å²) in [5.41, 5.74) is -0.305. The summed E-state index contributed by atoms with van der Waals surface area (Å²) < 4.78 is 6.03. The number of hydrogen-bond donors (Lipinski definition) is 2. The van der Waals surface area contributed by atoms with Crippen LogP contribution in [-0.2, 0) is 4.74 Å². The normalized spacial score (nSPS) is 42.9. The molecule has 1 spiro atoms. The van der Waals surface area contributed by atoms with Gasteiger partial charge in [0.2, 0.25) is 0 Å². The monoisotopic (exact) mass is 225 g/mol. The van der Waals surface area contributed by atoms with Gasteiger partial charge in [-0.1, -0.05) is 12.8 Å². The zero-order chi connectivity index (χ0) is 11.1. The standard InChI is InChI=1S/C13H23NO2/c15-13(6-7-14-10-13)11-3-8-16-12(9-11)4-1-2-5-12/h11,14-15H,1-10H2. The van der Waals surface area contributed by atoms with Crippen LogP contribution in [0.15, 0.2) is 0 Å². The van der Waals surface area contributed by atoms with Crippen LogP contribution in [0, 0.1) is 5.92 Å². The molecule has 1 saturated carbocycles. The Hall–Kier alpha value is -0.120. The van der Waals surface area contributed by atoms with Gasteiger partial charge >= 0.3 is 0 Å². The third-order valence-corrected chi connectivity index (χ3v) is 4.93. The summed E-state index contributed by atoms with van der Waals surface area (Å²) in [6.07, 6.45) is 8.10. The first-order chi connectivity index (χ1) is 7.73. The van der Waals surface area contributed by atoms with Crippen molar-refractivity contribution in [3.63, 3.8) is 0 Å². The van der Waals surface area contributed by atoms with Gasteiger partial charge in [-0.3, -0.25) is 0 Å². The van der Waals surface area contributed by atoms with Crippen molar-refractivity contribution >= 4 is 0 Å². The van der Waals surface area contributed by atoms with Crippen LogP contribution in [0.4, 0.5) is 0 Å². The van der Waals surface area contributed by atoms with Crippen molar-refractivity contribution in [1.29, 1.82) is 0 Å². The van der Waals surface area contributed by atoms with Crippen molar-refractivity contribution in [3.05, 3.63) is 0 Å². The van der Waals surface area contributed by atoms with E-state index in [1.54, 1.807) is 0 Å². The number of ether oxygens (including phenoxy) is 1. The summed E-state index contributed by atoms with van der Waals surface area (Å²) in [7, 11) is 0. The van der Waals surface area contributed by atoms with Crippen LogP contribution in [0.5, 0.6) is 0 Å². The van der Waals surface area contributed by atoms with Crippen molar-refractivity contribution in [2.45, 2.75) is 56.1 Å². The molecule has 2 heterocycles. The van der Waals surface area contributed by atoms with Crippen LogP contribution in [-0.4, -0.2) is 36.0 Å². The Morgan fingerprint density at radius 1 is 1.19 bits per heavy atom. The molecule has 1 aliphatic carbocycles. The second kappa shape index (κ2) is 3.97. The first-order valence-corrected chi connectivity index (χ1v) is 6.80. The maximum atomic E-state index is 10.6. The molecule has 0 aromatic rings. The zero-order valence-corrected chi connectivity index (χ0v) is 10.0. The highest BCUT2D eigenvalue weighted by atomic mass is 16.5. The molecule has 2 aliphatic heterocycles. The molecule has 3 heteroatoms. The van der Waals surface area contributed by atoms with Gasteiger partial charge in [-0.25, -0.2) is 0 Å². The Bertz CT molecular complexity index is 245. The van der Waals surface area contributed by atoms with Crippen LogP contribution >= 0.6 is 0 Å². The molecule has 0 aromatic heterocycles. The predicted molar refractivity (Wildman–Crippen MR) is 62.3 cm³/mol. The molecule has 3 nitrogen and oxygen atoms in total. The van der Waals surface area contributed by atoms with Gasteiger partial charge in [0, 0.05) is 13.2 Å². The van der Waals surface area contributed by atoms with E-state index < -0.39 is 5.60 Å². The first-order valence-electron chi connectivity index (χ1n) is 6.80. The summed E-state index contributed by atoms with van der Waals surface area (Å²) >= 11 is 0. The van der Waals surface area contributed by atoms with E-state index in [-0.39, 0.29) is 5.60 Å². The third-order valence-electron chi connectivity index (χ3n) is 4.93. The molecule has 2 atom stereocenters. The summed E-state index contributed by atoms with van der Waals surface area (Å²) in [5.74, 6) is 0.453. The van der Waals surface area contributed by atoms with Gasteiger partial charge in [0.05, 0.1) is 11.2 Å². The molecule has 0 aromatic carbocycles. The smallest absolute Gasteiger partial charge is 0.0813 e. The second-order valence-corrected chi connectivity index (χ2v) is 5.96. The van der Waals surface area contributed by atoms with Crippen molar-refractivity contribution < 1.29 is 9.84 Å². The topological polar surface area (TPSA) is 41.5 Å². The molecule has 2 saturated heterocycles. The van der Waals surface area contributed by atoms with Crippen molar-refractivity contribution in [2.75, 3.05) is 19.7 Å². The van der Waals surface area contributed by atoms with Crippen LogP contribution in [0.3, 0.4) is 0 Å². The Labute approximate surface area is 97.6 Å². The quantitative estimate of drug-likeness (QED) is 0.709. The largest absolute Gasteiger partial charge is 0.388 e. The SMILES string of the molecule is OC1(C2CCOC3(CCCC3)C2)CCNC1. The van der Waals surface area contributed by atoms with Gasteiger partial charge in [-0.15, -0.1) is 0 Å². The lowest BCUT2D eigenvalue weighted by molar-refractivity contribution is -0.135. The molecule has 0 radical (unpaired) electrons. The Morgan fingerprint density at radius 3 is 2.69 bits per heavy atom. The van der Waals surface area contributed by atoms with E-state index in [1.165, 1.54) is 25.7 Å². The maximum Gasteiger partial charge on any atom is 0.0813 e. The lowest BCUT2D eigenvalue weighted by Gasteiger charge is -2.43. The first kappa shape index (κ1) is 11.0. The molecule has 92 valence electrons. The van der Waals surface area contributed by atoms with E-state index in [9.17, 15) is 5.11 Å². The molecule has 16 heavy (non-hydrogen) atoms. The van der Waals surface area contributed by atoms with E-state index in [0.29, 0.717) is 5.92 Å². The Morgan fingerprint density at radius 2 is 2.00 bits per heavy atom. The van der Waals surface area contributed by atoms with Gasteiger partial charge in [0.15, 0.2) is 0 Å². The van der Waals surface area contributed by atoms with Gasteiger partial charge in [0.25, 0.3) is 0 Å². The molecule has 0 bridgehead atoms. The predicted octanol–water partition coefficient (Wildman–Crippen LogP) is 1.45. The summed E-state index contributed by atoms with van der Waals surface area (Å²) in [6, 6.07) is 0. The Balaban J connectivity index is 1.72. The molecule has 0 amide bonds. The number of nitrogens with one attached hydrogen (secondary N) is 1. The van der Waals surface area contributed by atoms with E-state index in [1.807, 2.05) is 0 Å². The van der Waals surface area contributed by atoms with Crippen LogP contribution in [0.2, 0.25) is 0 Å². The van der Waals surface area contributed by atoms with E-state index in [2.05, 4.69) is 5.32 Å². The summed E-state index contributed by atoms with van der Waals surface area (Å²) in [5, 5.41) is 13.9. The lowest BCUT2D eigenvalue weighted by Crippen LogP contribution is -2.48. The summed E-state index contributed by atoms with van der Waals surface area (Å²) in [6.45, 7) is 2.61. The molecule has 2 unspecified atom stereocenters. The molecular formula is C13H23NO2. The lowest BCUT2D eigenvalue weighted by atomic mass is 9.74. The highest BCUT2D eigenvalue weighted by Gasteiger charge is 2.47. The maximum absolute atomic E-state index is 10.6. The van der Waals surface area contributed by atoms with E-state index >= 15 is 0 Å². The van der Waals surface area contributed by atoms with Crippen LogP contribution in [0.1, 0.15) is 44.9 Å². The third kappa shape index (κ3) is 1.79. The molecule has 3 fully saturated rings. The molecule has 2 N–H and O–H groups in total. The van der Waals surface area contributed by atoms with Crippen molar-refractivity contribution in [2.24, 2.45) is 5.92 Å². The minimum absolute atomic E-state index is 0.140. The van der Waals surface area contributed by atoms with Gasteiger partial charge < -0.3 is 15.2 Å². The second-order valence-electron chi connectivity index (χ2n) is 5.96. The molecule has 3 rings (SSSR count). The average molecular weight is 225 g/mol. The van der Waals surface area contributed by atoms with Crippen LogP contribution < -0.4 is 5.32 Å². The van der Waals surface area contributed by atoms with Gasteiger partial charge in [-0.2, -0.15) is 0 Å². The molecule has 3 aliphatic rings.